The van der Waals surface area contributed by atoms with E-state index >= 15 is 0 Å². The summed E-state index contributed by atoms with van der Waals surface area (Å²) in [6.45, 7) is 3.46. The van der Waals surface area contributed by atoms with Crippen molar-refractivity contribution in [1.82, 2.24) is 10.6 Å². The molecule has 0 heterocycles. The van der Waals surface area contributed by atoms with E-state index in [2.05, 4.69) is 17.6 Å². The van der Waals surface area contributed by atoms with Crippen molar-refractivity contribution in [3.05, 3.63) is 17.7 Å². The number of nitrogens with one attached hydrogen (secondary N) is 2. The fourth-order valence-corrected chi connectivity index (χ4v) is 3.34. The van der Waals surface area contributed by atoms with Crippen LogP contribution >= 0.6 is 0 Å². The van der Waals surface area contributed by atoms with Crippen LogP contribution in [0, 0.1) is 0 Å². The third kappa shape index (κ3) is 6.20. The highest BCUT2D eigenvalue weighted by Gasteiger charge is 2.20. The van der Waals surface area contributed by atoms with Crippen LogP contribution < -0.4 is 24.8 Å². The van der Waals surface area contributed by atoms with Gasteiger partial charge in [0.05, 0.1) is 27.4 Å². The second kappa shape index (κ2) is 10.9. The van der Waals surface area contributed by atoms with Crippen molar-refractivity contribution in [2.24, 2.45) is 4.99 Å². The number of aliphatic hydroxyl groups is 1. The number of rotatable bonds is 8. The number of hydrogen-bond acceptors (Lipinski definition) is 5. The van der Waals surface area contributed by atoms with E-state index in [0.29, 0.717) is 24.8 Å². The molecule has 0 radical (unpaired) electrons. The Labute approximate surface area is 162 Å². The summed E-state index contributed by atoms with van der Waals surface area (Å²) in [6.07, 6.45) is 4.15. The zero-order valence-corrected chi connectivity index (χ0v) is 16.9. The van der Waals surface area contributed by atoms with Gasteiger partial charge in [-0.15, -0.1) is 0 Å². The molecule has 152 valence electrons. The van der Waals surface area contributed by atoms with Gasteiger partial charge in [0, 0.05) is 36.8 Å². The van der Waals surface area contributed by atoms with Crippen LogP contribution in [0.3, 0.4) is 0 Å². The highest BCUT2D eigenvalue weighted by atomic mass is 16.5. The maximum atomic E-state index is 9.66. The van der Waals surface area contributed by atoms with Crippen molar-refractivity contribution in [2.45, 2.75) is 51.2 Å². The molecular weight excluding hydrogens is 346 g/mol. The second-order valence-corrected chi connectivity index (χ2v) is 6.67. The van der Waals surface area contributed by atoms with Gasteiger partial charge >= 0.3 is 0 Å². The number of nitrogens with zero attached hydrogens (tertiary/aromatic N) is 1. The van der Waals surface area contributed by atoms with Crippen LogP contribution in [-0.4, -0.2) is 57.6 Å². The average molecular weight is 380 g/mol. The first-order valence-electron chi connectivity index (χ1n) is 9.63. The normalized spacial score (nSPS) is 20.1. The lowest BCUT2D eigenvalue weighted by molar-refractivity contribution is 0.120. The van der Waals surface area contributed by atoms with Crippen LogP contribution in [-0.2, 0) is 6.42 Å². The fraction of sp³-hybridized carbons (Fsp3) is 0.650. The number of ether oxygens (including phenoxy) is 3. The minimum absolute atomic E-state index is 0.155. The summed E-state index contributed by atoms with van der Waals surface area (Å²) in [5.41, 5.74) is 0.973. The third-order valence-corrected chi connectivity index (χ3v) is 4.83. The van der Waals surface area contributed by atoms with Gasteiger partial charge in [0.1, 0.15) is 17.2 Å². The summed E-state index contributed by atoms with van der Waals surface area (Å²) >= 11 is 0. The van der Waals surface area contributed by atoms with Crippen molar-refractivity contribution >= 4 is 5.96 Å². The van der Waals surface area contributed by atoms with Gasteiger partial charge in [0.25, 0.3) is 0 Å². The van der Waals surface area contributed by atoms with E-state index in [-0.39, 0.29) is 6.10 Å². The number of hydrogen-bond donors (Lipinski definition) is 3. The molecule has 1 aliphatic carbocycles. The van der Waals surface area contributed by atoms with Crippen LogP contribution in [0.5, 0.6) is 17.2 Å². The van der Waals surface area contributed by atoms with Crippen molar-refractivity contribution < 1.29 is 19.3 Å². The van der Waals surface area contributed by atoms with Crippen molar-refractivity contribution in [1.29, 1.82) is 0 Å². The van der Waals surface area contributed by atoms with Gasteiger partial charge in [-0.2, -0.15) is 0 Å². The molecule has 0 unspecified atom stereocenters. The molecule has 7 nitrogen and oxygen atoms in total. The average Bonchev–Trinajstić information content (AvgIpc) is 2.69. The summed E-state index contributed by atoms with van der Waals surface area (Å²) in [6, 6.07) is 4.08. The summed E-state index contributed by atoms with van der Waals surface area (Å²) in [4.78, 5) is 4.70. The maximum absolute atomic E-state index is 9.66. The minimum atomic E-state index is -0.155. The summed E-state index contributed by atoms with van der Waals surface area (Å²) in [5, 5.41) is 16.4. The molecule has 1 aliphatic rings. The molecule has 0 atom stereocenters. The topological polar surface area (TPSA) is 84.3 Å². The first-order valence-corrected chi connectivity index (χ1v) is 9.63. The van der Waals surface area contributed by atoms with Crippen molar-refractivity contribution in [3.63, 3.8) is 0 Å². The predicted molar refractivity (Wildman–Crippen MR) is 107 cm³/mol. The molecule has 1 aromatic carbocycles. The van der Waals surface area contributed by atoms with Crippen molar-refractivity contribution in [3.8, 4) is 17.2 Å². The summed E-state index contributed by atoms with van der Waals surface area (Å²) in [5.74, 6) is 2.98. The van der Waals surface area contributed by atoms with Crippen LogP contribution in [0.2, 0.25) is 0 Å². The summed E-state index contributed by atoms with van der Waals surface area (Å²) in [7, 11) is 4.91. The van der Waals surface area contributed by atoms with Gasteiger partial charge in [-0.05, 0) is 39.0 Å². The molecule has 3 N–H and O–H groups in total. The highest BCUT2D eigenvalue weighted by molar-refractivity contribution is 5.80. The van der Waals surface area contributed by atoms with E-state index in [1.54, 1.807) is 21.3 Å². The van der Waals surface area contributed by atoms with E-state index in [1.165, 1.54) is 0 Å². The Morgan fingerprint density at radius 2 is 1.70 bits per heavy atom. The van der Waals surface area contributed by atoms with E-state index in [4.69, 9.17) is 19.2 Å². The number of aliphatic imine (C=N–C) groups is 1. The highest BCUT2D eigenvalue weighted by Crippen LogP contribution is 2.34. The lowest BCUT2D eigenvalue weighted by Crippen LogP contribution is -2.45. The standard InChI is InChI=1S/C20H33N3O4/c1-5-21-20(23-14-6-8-15(24)9-7-14)22-11-10-17-18(26-3)12-16(25-2)13-19(17)27-4/h12-15,24H,5-11H2,1-4H3,(H2,21,22,23). The molecule has 0 amide bonds. The lowest BCUT2D eigenvalue weighted by atomic mass is 9.93. The van der Waals surface area contributed by atoms with Gasteiger partial charge in [0.2, 0.25) is 0 Å². The third-order valence-electron chi connectivity index (χ3n) is 4.83. The number of benzene rings is 1. The first kappa shape index (κ1) is 21.2. The lowest BCUT2D eigenvalue weighted by Gasteiger charge is -2.27. The van der Waals surface area contributed by atoms with Gasteiger partial charge in [-0.1, -0.05) is 0 Å². The quantitative estimate of drug-likeness (QED) is 0.474. The Kier molecular flexibility index (Phi) is 8.51. The summed E-state index contributed by atoms with van der Waals surface area (Å²) < 4.78 is 16.3. The molecule has 2 rings (SSSR count). The molecule has 1 saturated carbocycles. The molecule has 27 heavy (non-hydrogen) atoms. The zero-order valence-electron chi connectivity index (χ0n) is 16.9. The van der Waals surface area contributed by atoms with E-state index in [0.717, 1.165) is 55.3 Å². The van der Waals surface area contributed by atoms with E-state index in [1.807, 2.05) is 12.1 Å². The molecular formula is C20H33N3O4. The molecule has 1 fully saturated rings. The SMILES string of the molecule is CCNC(=NCCc1c(OC)cc(OC)cc1OC)NC1CCC(O)CC1. The van der Waals surface area contributed by atoms with Crippen LogP contribution in [0.15, 0.2) is 17.1 Å². The molecule has 0 aliphatic heterocycles. The first-order chi connectivity index (χ1) is 13.1. The molecule has 0 bridgehead atoms. The van der Waals surface area contributed by atoms with Crippen LogP contribution in [0.25, 0.3) is 0 Å². The van der Waals surface area contributed by atoms with Gasteiger partial charge in [-0.25, -0.2) is 0 Å². The maximum Gasteiger partial charge on any atom is 0.191 e. The number of aliphatic hydroxyl groups excluding tert-OH is 1. The van der Waals surface area contributed by atoms with E-state index in [9.17, 15) is 5.11 Å². The minimum Gasteiger partial charge on any atom is -0.496 e. The Balaban J connectivity index is 2.04. The zero-order chi connectivity index (χ0) is 19.6. The number of guanidine groups is 1. The molecule has 1 aromatic rings. The van der Waals surface area contributed by atoms with Crippen LogP contribution in [0.1, 0.15) is 38.2 Å². The van der Waals surface area contributed by atoms with Crippen molar-refractivity contribution in [2.75, 3.05) is 34.4 Å². The van der Waals surface area contributed by atoms with Gasteiger partial charge in [0.15, 0.2) is 5.96 Å². The smallest absolute Gasteiger partial charge is 0.191 e. The Morgan fingerprint density at radius 3 is 2.22 bits per heavy atom. The molecule has 0 spiro atoms. The molecule has 7 heteroatoms. The second-order valence-electron chi connectivity index (χ2n) is 6.67. The monoisotopic (exact) mass is 379 g/mol. The van der Waals surface area contributed by atoms with Crippen LogP contribution in [0.4, 0.5) is 0 Å². The predicted octanol–water partition coefficient (Wildman–Crippen LogP) is 2.11. The molecule has 0 saturated heterocycles. The number of methoxy groups -OCH3 is 3. The Morgan fingerprint density at radius 1 is 1.07 bits per heavy atom. The fourth-order valence-electron chi connectivity index (χ4n) is 3.34. The molecule has 0 aromatic heterocycles. The Hall–Kier alpha value is -2.15. The Bertz CT molecular complexity index is 588. The van der Waals surface area contributed by atoms with Gasteiger partial charge < -0.3 is 30.0 Å². The van der Waals surface area contributed by atoms with E-state index < -0.39 is 0 Å². The van der Waals surface area contributed by atoms with Gasteiger partial charge in [-0.3, -0.25) is 4.99 Å². The largest absolute Gasteiger partial charge is 0.496 e.